The Morgan fingerprint density at radius 1 is 1.15 bits per heavy atom. The number of thiophene rings is 1. The van der Waals surface area contributed by atoms with Crippen molar-refractivity contribution in [2.24, 2.45) is 0 Å². The average Bonchev–Trinajstić information content (AvgIpc) is 2.88. The van der Waals surface area contributed by atoms with Crippen LogP contribution in [-0.2, 0) is 6.61 Å². The van der Waals surface area contributed by atoms with Crippen molar-refractivity contribution in [3.05, 3.63) is 53.4 Å². The molecule has 0 amide bonds. The lowest BCUT2D eigenvalue weighted by atomic mass is 10.2. The van der Waals surface area contributed by atoms with Gasteiger partial charge in [-0.3, -0.25) is 0 Å². The summed E-state index contributed by atoms with van der Waals surface area (Å²) in [5, 5.41) is 3.39. The second-order valence-electron chi connectivity index (χ2n) is 4.45. The van der Waals surface area contributed by atoms with Crippen LogP contribution in [0.1, 0.15) is 5.56 Å². The van der Waals surface area contributed by atoms with Crippen molar-refractivity contribution in [1.82, 2.24) is 0 Å². The number of nitrogens with two attached hydrogens (primary N) is 1. The molecule has 0 radical (unpaired) electrons. The van der Waals surface area contributed by atoms with Crippen LogP contribution in [0.5, 0.6) is 11.5 Å². The molecule has 20 heavy (non-hydrogen) atoms. The van der Waals surface area contributed by atoms with E-state index >= 15 is 0 Å². The van der Waals surface area contributed by atoms with Gasteiger partial charge >= 0.3 is 0 Å². The van der Waals surface area contributed by atoms with Gasteiger partial charge in [0, 0.05) is 16.3 Å². The Hall–Kier alpha value is -2.20. The summed E-state index contributed by atoms with van der Waals surface area (Å²) in [6, 6.07) is 13.8. The molecule has 0 saturated heterocycles. The summed E-state index contributed by atoms with van der Waals surface area (Å²) < 4.78 is 12.2. The highest BCUT2D eigenvalue weighted by Crippen LogP contribution is 2.29. The third kappa shape index (κ3) is 2.42. The number of nitrogen functional groups attached to an aromatic ring is 1. The van der Waals surface area contributed by atoms with E-state index in [1.54, 1.807) is 24.5 Å². The predicted molar refractivity (Wildman–Crippen MR) is 83.6 cm³/mol. The van der Waals surface area contributed by atoms with Crippen LogP contribution in [0.15, 0.2) is 47.8 Å². The first-order valence-corrected chi connectivity index (χ1v) is 7.17. The molecule has 4 heteroatoms. The Balaban J connectivity index is 1.78. The molecule has 2 aromatic carbocycles. The lowest BCUT2D eigenvalue weighted by Crippen LogP contribution is -1.97. The van der Waals surface area contributed by atoms with Crippen molar-refractivity contribution < 1.29 is 9.47 Å². The summed E-state index contributed by atoms with van der Waals surface area (Å²) in [7, 11) is 1.60. The first-order valence-electron chi connectivity index (χ1n) is 6.29. The van der Waals surface area contributed by atoms with E-state index in [2.05, 4.69) is 17.5 Å². The molecule has 1 heterocycles. The van der Waals surface area contributed by atoms with Crippen molar-refractivity contribution in [2.75, 3.05) is 12.8 Å². The van der Waals surface area contributed by atoms with Gasteiger partial charge in [0.2, 0.25) is 0 Å². The van der Waals surface area contributed by atoms with Crippen LogP contribution >= 0.6 is 11.3 Å². The van der Waals surface area contributed by atoms with Gasteiger partial charge in [-0.2, -0.15) is 0 Å². The highest BCUT2D eigenvalue weighted by Gasteiger charge is 2.05. The van der Waals surface area contributed by atoms with Gasteiger partial charge < -0.3 is 15.2 Å². The summed E-state index contributed by atoms with van der Waals surface area (Å²) in [6.45, 7) is 0.537. The number of rotatable bonds is 4. The highest BCUT2D eigenvalue weighted by atomic mass is 32.1. The van der Waals surface area contributed by atoms with Crippen molar-refractivity contribution in [3.8, 4) is 11.5 Å². The van der Waals surface area contributed by atoms with Gasteiger partial charge in [-0.25, -0.2) is 0 Å². The molecule has 102 valence electrons. The zero-order valence-electron chi connectivity index (χ0n) is 11.1. The Labute approximate surface area is 121 Å². The van der Waals surface area contributed by atoms with Gasteiger partial charge in [0.1, 0.15) is 18.1 Å². The number of benzene rings is 2. The minimum absolute atomic E-state index is 0.537. The molecule has 0 unspecified atom stereocenters. The molecule has 0 saturated carbocycles. The third-order valence-corrected chi connectivity index (χ3v) is 4.17. The monoisotopic (exact) mass is 285 g/mol. The van der Waals surface area contributed by atoms with Crippen LogP contribution in [0.3, 0.4) is 0 Å². The van der Waals surface area contributed by atoms with Crippen LogP contribution < -0.4 is 15.2 Å². The SMILES string of the molecule is COc1ccc(OCc2csc3ccccc23)cc1N. The largest absolute Gasteiger partial charge is 0.495 e. The van der Waals surface area contributed by atoms with Gasteiger partial charge in [0.15, 0.2) is 0 Å². The van der Waals surface area contributed by atoms with Gasteiger partial charge in [0.25, 0.3) is 0 Å². The van der Waals surface area contributed by atoms with E-state index in [1.807, 2.05) is 24.3 Å². The number of ether oxygens (including phenoxy) is 2. The van der Waals surface area contributed by atoms with E-state index in [0.717, 1.165) is 5.75 Å². The van der Waals surface area contributed by atoms with E-state index in [0.29, 0.717) is 18.0 Å². The smallest absolute Gasteiger partial charge is 0.142 e. The van der Waals surface area contributed by atoms with Crippen LogP contribution in [-0.4, -0.2) is 7.11 Å². The molecule has 1 aromatic heterocycles. The average molecular weight is 285 g/mol. The number of hydrogen-bond acceptors (Lipinski definition) is 4. The summed E-state index contributed by atoms with van der Waals surface area (Å²) in [6.07, 6.45) is 0. The molecule has 0 aliphatic heterocycles. The maximum atomic E-state index is 5.87. The van der Waals surface area contributed by atoms with Crippen molar-refractivity contribution >= 4 is 27.1 Å². The molecule has 0 spiro atoms. The molecular weight excluding hydrogens is 270 g/mol. The Bertz CT molecular complexity index is 736. The van der Waals surface area contributed by atoms with Crippen molar-refractivity contribution in [1.29, 1.82) is 0 Å². The minimum atomic E-state index is 0.537. The fraction of sp³-hybridized carbons (Fsp3) is 0.125. The second-order valence-corrected chi connectivity index (χ2v) is 5.36. The van der Waals surface area contributed by atoms with Crippen molar-refractivity contribution in [2.45, 2.75) is 6.61 Å². The normalized spacial score (nSPS) is 10.7. The second kappa shape index (κ2) is 5.43. The Morgan fingerprint density at radius 3 is 2.80 bits per heavy atom. The molecule has 3 aromatic rings. The first-order chi connectivity index (χ1) is 9.78. The third-order valence-electron chi connectivity index (χ3n) is 3.16. The maximum absolute atomic E-state index is 5.87. The molecule has 3 nitrogen and oxygen atoms in total. The molecule has 0 bridgehead atoms. The molecular formula is C16H15NO2S. The Morgan fingerprint density at radius 2 is 2.00 bits per heavy atom. The predicted octanol–water partition coefficient (Wildman–Crippen LogP) is 4.07. The standard InChI is InChI=1S/C16H15NO2S/c1-18-15-7-6-12(8-14(15)17)19-9-11-10-20-16-5-3-2-4-13(11)16/h2-8,10H,9,17H2,1H3. The highest BCUT2D eigenvalue weighted by molar-refractivity contribution is 7.17. The first kappa shape index (κ1) is 12.8. The van der Waals surface area contributed by atoms with E-state index in [1.165, 1.54) is 15.6 Å². The zero-order chi connectivity index (χ0) is 13.9. The fourth-order valence-electron chi connectivity index (χ4n) is 2.11. The summed E-state index contributed by atoms with van der Waals surface area (Å²) >= 11 is 1.73. The van der Waals surface area contributed by atoms with Gasteiger partial charge in [-0.15, -0.1) is 11.3 Å². The van der Waals surface area contributed by atoms with E-state index in [9.17, 15) is 0 Å². The fourth-order valence-corrected chi connectivity index (χ4v) is 3.06. The quantitative estimate of drug-likeness (QED) is 0.735. The van der Waals surface area contributed by atoms with E-state index < -0.39 is 0 Å². The van der Waals surface area contributed by atoms with Crippen LogP contribution in [0, 0.1) is 0 Å². The molecule has 0 fully saturated rings. The van der Waals surface area contributed by atoms with Crippen LogP contribution in [0.25, 0.3) is 10.1 Å². The number of hydrogen-bond donors (Lipinski definition) is 1. The molecule has 0 aliphatic carbocycles. The van der Waals surface area contributed by atoms with Crippen LogP contribution in [0.2, 0.25) is 0 Å². The molecule has 0 aliphatic rings. The van der Waals surface area contributed by atoms with Gasteiger partial charge in [0.05, 0.1) is 12.8 Å². The molecule has 0 atom stereocenters. The molecule has 2 N–H and O–H groups in total. The number of anilines is 1. The number of methoxy groups -OCH3 is 1. The van der Waals surface area contributed by atoms with E-state index in [-0.39, 0.29) is 0 Å². The van der Waals surface area contributed by atoms with Gasteiger partial charge in [-0.05, 0) is 29.0 Å². The summed E-state index contributed by atoms with van der Waals surface area (Å²) in [4.78, 5) is 0. The van der Waals surface area contributed by atoms with Crippen LogP contribution in [0.4, 0.5) is 5.69 Å². The van der Waals surface area contributed by atoms with Crippen molar-refractivity contribution in [3.63, 3.8) is 0 Å². The van der Waals surface area contributed by atoms with Gasteiger partial charge in [-0.1, -0.05) is 18.2 Å². The maximum Gasteiger partial charge on any atom is 0.142 e. The summed E-state index contributed by atoms with van der Waals surface area (Å²) in [5.41, 5.74) is 7.65. The minimum Gasteiger partial charge on any atom is -0.495 e. The summed E-state index contributed by atoms with van der Waals surface area (Å²) in [5.74, 6) is 1.41. The topological polar surface area (TPSA) is 44.5 Å². The number of fused-ring (bicyclic) bond motifs is 1. The lowest BCUT2D eigenvalue weighted by molar-refractivity contribution is 0.307. The van der Waals surface area contributed by atoms with E-state index in [4.69, 9.17) is 15.2 Å². The lowest BCUT2D eigenvalue weighted by Gasteiger charge is -2.09. The molecule has 3 rings (SSSR count). The Kier molecular flexibility index (Phi) is 3.48. The zero-order valence-corrected chi connectivity index (χ0v) is 11.9.